The third-order valence-corrected chi connectivity index (χ3v) is 4.50. The van der Waals surface area contributed by atoms with E-state index < -0.39 is 5.63 Å². The maximum atomic E-state index is 12.2. The van der Waals surface area contributed by atoms with Gasteiger partial charge < -0.3 is 28.5 Å². The molecule has 0 radical (unpaired) electrons. The molecule has 148 valence electrons. The maximum Gasteiger partial charge on any atom is 0.383 e. The van der Waals surface area contributed by atoms with Crippen molar-refractivity contribution in [3.63, 3.8) is 0 Å². The Hall–Kier alpha value is -2.25. The molecule has 0 saturated carbocycles. The average molecular weight is 378 g/mol. The summed E-state index contributed by atoms with van der Waals surface area (Å²) in [7, 11) is 0. The molecule has 0 spiro atoms. The monoisotopic (exact) mass is 378 g/mol. The van der Waals surface area contributed by atoms with Crippen molar-refractivity contribution in [3.05, 3.63) is 28.6 Å². The molecule has 1 fully saturated rings. The Balaban J connectivity index is 1.86. The fraction of sp³-hybridized carbons (Fsp3) is 0.550. The van der Waals surface area contributed by atoms with Gasteiger partial charge in [0.25, 0.3) is 0 Å². The van der Waals surface area contributed by atoms with E-state index in [1.807, 2.05) is 20.8 Å². The molecule has 2 heterocycles. The summed E-state index contributed by atoms with van der Waals surface area (Å²) >= 11 is 0. The van der Waals surface area contributed by atoms with Gasteiger partial charge in [-0.25, -0.2) is 4.79 Å². The van der Waals surface area contributed by atoms with Crippen molar-refractivity contribution in [3.8, 4) is 17.2 Å². The molecule has 0 amide bonds. The Morgan fingerprint density at radius 1 is 1.33 bits per heavy atom. The molecule has 2 unspecified atom stereocenters. The van der Waals surface area contributed by atoms with Crippen molar-refractivity contribution in [2.24, 2.45) is 5.92 Å². The van der Waals surface area contributed by atoms with Crippen LogP contribution in [0.3, 0.4) is 0 Å². The fourth-order valence-electron chi connectivity index (χ4n) is 3.00. The van der Waals surface area contributed by atoms with Crippen molar-refractivity contribution < 1.29 is 28.5 Å². The Labute approximate surface area is 157 Å². The number of rotatable bonds is 8. The van der Waals surface area contributed by atoms with Gasteiger partial charge in [-0.15, -0.1) is 0 Å². The van der Waals surface area contributed by atoms with Crippen molar-refractivity contribution in [2.75, 3.05) is 20.0 Å². The van der Waals surface area contributed by atoms with Crippen molar-refractivity contribution >= 4 is 11.0 Å². The lowest BCUT2D eigenvalue weighted by molar-refractivity contribution is -0.0159. The molecule has 1 aliphatic rings. The molecule has 2 aromatic rings. The van der Waals surface area contributed by atoms with Gasteiger partial charge in [-0.1, -0.05) is 27.2 Å². The van der Waals surface area contributed by atoms with E-state index in [1.165, 1.54) is 0 Å². The first-order valence-corrected chi connectivity index (χ1v) is 9.30. The van der Waals surface area contributed by atoms with Crippen LogP contribution in [0.25, 0.3) is 11.0 Å². The summed E-state index contributed by atoms with van der Waals surface area (Å²) in [5.74, 6) is 0.360. The van der Waals surface area contributed by atoms with Gasteiger partial charge in [0.05, 0.1) is 18.6 Å². The topological polar surface area (TPSA) is 87.4 Å². The van der Waals surface area contributed by atoms with E-state index in [1.54, 1.807) is 18.2 Å². The van der Waals surface area contributed by atoms with Gasteiger partial charge in [-0.2, -0.15) is 0 Å². The van der Waals surface area contributed by atoms with Crippen LogP contribution in [0.1, 0.15) is 33.6 Å². The number of hydrogen-bond donors (Lipinski definition) is 1. The smallest absolute Gasteiger partial charge is 0.383 e. The van der Waals surface area contributed by atoms with Crippen LogP contribution in [-0.2, 0) is 9.47 Å². The van der Waals surface area contributed by atoms with Crippen LogP contribution in [0.4, 0.5) is 0 Å². The third kappa shape index (κ3) is 4.36. The molecule has 3 rings (SSSR count). The van der Waals surface area contributed by atoms with Crippen LogP contribution in [0.2, 0.25) is 0 Å². The second kappa shape index (κ2) is 8.63. The molecular weight excluding hydrogens is 352 g/mol. The van der Waals surface area contributed by atoms with Crippen molar-refractivity contribution in [1.29, 1.82) is 0 Å². The van der Waals surface area contributed by atoms with Crippen LogP contribution >= 0.6 is 0 Å². The Morgan fingerprint density at radius 3 is 2.81 bits per heavy atom. The first-order chi connectivity index (χ1) is 13.0. The minimum atomic E-state index is -0.707. The van der Waals surface area contributed by atoms with Crippen LogP contribution in [0.5, 0.6) is 17.2 Å². The number of benzene rings is 1. The lowest BCUT2D eigenvalue weighted by atomic mass is 10.0. The van der Waals surface area contributed by atoms with Gasteiger partial charge in [-0.3, -0.25) is 0 Å². The fourth-order valence-corrected chi connectivity index (χ4v) is 3.00. The summed E-state index contributed by atoms with van der Waals surface area (Å²) in [6, 6.07) is 4.97. The van der Waals surface area contributed by atoms with Gasteiger partial charge in [-0.05, 0) is 24.5 Å². The van der Waals surface area contributed by atoms with E-state index in [-0.39, 0.29) is 42.0 Å². The van der Waals surface area contributed by atoms with Crippen molar-refractivity contribution in [2.45, 2.75) is 45.8 Å². The normalized spacial score (nSPS) is 18.1. The highest BCUT2D eigenvalue weighted by molar-refractivity contribution is 5.86. The zero-order valence-corrected chi connectivity index (χ0v) is 15.9. The third-order valence-electron chi connectivity index (χ3n) is 4.50. The highest BCUT2D eigenvalue weighted by atomic mass is 16.7. The summed E-state index contributed by atoms with van der Waals surface area (Å²) in [5.41, 5.74) is -0.467. The molecule has 1 N–H and O–H groups in total. The standard InChI is InChI=1S/C20H26O7/c1-4-5-8-24-19-17(21)14-7-6-13(9-15(14)27-20(19)22)26-18(12(2)3)16-10-23-11-25-16/h6-7,9,12,16,18,21H,4-5,8,10-11H2,1-3H3. The number of hydrogen-bond acceptors (Lipinski definition) is 7. The van der Waals surface area contributed by atoms with Gasteiger partial charge in [0.1, 0.15) is 30.3 Å². The van der Waals surface area contributed by atoms with Gasteiger partial charge >= 0.3 is 5.63 Å². The highest BCUT2D eigenvalue weighted by Gasteiger charge is 2.31. The molecule has 0 aliphatic carbocycles. The number of aromatic hydroxyl groups is 1. The molecule has 1 saturated heterocycles. The summed E-state index contributed by atoms with van der Waals surface area (Å²) < 4.78 is 27.6. The summed E-state index contributed by atoms with van der Waals surface area (Å²) in [6.07, 6.45) is 1.35. The van der Waals surface area contributed by atoms with Crippen LogP contribution in [0.15, 0.2) is 27.4 Å². The zero-order chi connectivity index (χ0) is 19.4. The molecule has 1 aromatic heterocycles. The minimum absolute atomic E-state index is 0.152. The molecule has 7 heteroatoms. The number of fused-ring (bicyclic) bond motifs is 1. The van der Waals surface area contributed by atoms with Gasteiger partial charge in [0.2, 0.25) is 5.75 Å². The zero-order valence-electron chi connectivity index (χ0n) is 15.9. The minimum Gasteiger partial charge on any atom is -0.504 e. The number of ether oxygens (including phenoxy) is 4. The molecule has 1 aliphatic heterocycles. The average Bonchev–Trinajstić information content (AvgIpc) is 3.16. The van der Waals surface area contributed by atoms with Crippen LogP contribution in [-0.4, -0.2) is 37.3 Å². The highest BCUT2D eigenvalue weighted by Crippen LogP contribution is 2.34. The largest absolute Gasteiger partial charge is 0.504 e. The van der Waals surface area contributed by atoms with E-state index in [0.717, 1.165) is 12.8 Å². The molecule has 0 bridgehead atoms. The molecule has 2 atom stereocenters. The van der Waals surface area contributed by atoms with E-state index >= 15 is 0 Å². The van der Waals surface area contributed by atoms with E-state index in [2.05, 4.69) is 0 Å². The molecule has 7 nitrogen and oxygen atoms in total. The lowest BCUT2D eigenvalue weighted by Crippen LogP contribution is -2.37. The quantitative estimate of drug-likeness (QED) is 0.556. The first-order valence-electron chi connectivity index (χ1n) is 9.30. The molecule has 1 aromatic carbocycles. The van der Waals surface area contributed by atoms with E-state index in [4.69, 9.17) is 23.4 Å². The van der Waals surface area contributed by atoms with E-state index in [0.29, 0.717) is 24.3 Å². The van der Waals surface area contributed by atoms with Gasteiger partial charge in [0, 0.05) is 6.07 Å². The second-order valence-corrected chi connectivity index (χ2v) is 6.95. The van der Waals surface area contributed by atoms with Crippen LogP contribution in [0, 0.1) is 5.92 Å². The lowest BCUT2D eigenvalue weighted by Gasteiger charge is -2.26. The Morgan fingerprint density at radius 2 is 2.15 bits per heavy atom. The Kier molecular flexibility index (Phi) is 6.23. The SMILES string of the molecule is CCCCOc1c(O)c2ccc(OC(C(C)C)C3COCO3)cc2oc1=O. The summed E-state index contributed by atoms with van der Waals surface area (Å²) in [6.45, 7) is 7.18. The van der Waals surface area contributed by atoms with Gasteiger partial charge in [0.15, 0.2) is 5.75 Å². The predicted molar refractivity (Wildman–Crippen MR) is 99.5 cm³/mol. The predicted octanol–water partition coefficient (Wildman–Crippen LogP) is 3.45. The summed E-state index contributed by atoms with van der Waals surface area (Å²) in [5, 5.41) is 10.8. The number of unbranched alkanes of at least 4 members (excludes halogenated alkanes) is 1. The Bertz CT molecular complexity index is 821. The molecule has 27 heavy (non-hydrogen) atoms. The maximum absolute atomic E-state index is 12.2. The van der Waals surface area contributed by atoms with E-state index in [9.17, 15) is 9.90 Å². The second-order valence-electron chi connectivity index (χ2n) is 6.95. The molecular formula is C20H26O7. The first kappa shape index (κ1) is 19.5. The van der Waals surface area contributed by atoms with Crippen molar-refractivity contribution in [1.82, 2.24) is 0 Å². The summed E-state index contributed by atoms with van der Waals surface area (Å²) in [4.78, 5) is 12.2. The van der Waals surface area contributed by atoms with Crippen LogP contribution < -0.4 is 15.1 Å².